The number of rotatable bonds is 6. The van der Waals surface area contributed by atoms with Crippen molar-refractivity contribution in [3.63, 3.8) is 0 Å². The van der Waals surface area contributed by atoms with Crippen LogP contribution in [0.25, 0.3) is 22.5 Å². The summed E-state index contributed by atoms with van der Waals surface area (Å²) in [5, 5.41) is 17.0. The zero-order chi connectivity index (χ0) is 24.3. The molecule has 0 aliphatic heterocycles. The van der Waals surface area contributed by atoms with Gasteiger partial charge in [0.25, 0.3) is 0 Å². The standard InChI is InChI=1S/C27H21N7OS/c35-25(31-24-6-3-4-10-29-24)7-2-1-5-21-12-20(15-36-21)26-23-13-19-9-8-18(14-34-17-28-16-30-34)11-22(19)27(23)33-32-26/h3-4,6,8-12,15-17H,2,7,13-14H2,(H,32,33)(H,29,31,35). The quantitative estimate of drug-likeness (QED) is 0.334. The average Bonchev–Trinajstić information content (AvgIpc) is 3.68. The van der Waals surface area contributed by atoms with Gasteiger partial charge in [-0.1, -0.05) is 30.0 Å². The minimum Gasteiger partial charge on any atom is -0.311 e. The highest BCUT2D eigenvalue weighted by Gasteiger charge is 2.25. The molecule has 0 saturated carbocycles. The number of amides is 1. The fourth-order valence-electron chi connectivity index (χ4n) is 4.29. The summed E-state index contributed by atoms with van der Waals surface area (Å²) in [6, 6.07) is 14.0. The highest BCUT2D eigenvalue weighted by Crippen LogP contribution is 2.41. The molecule has 8 nitrogen and oxygen atoms in total. The van der Waals surface area contributed by atoms with Crippen LogP contribution >= 0.6 is 11.3 Å². The van der Waals surface area contributed by atoms with Gasteiger partial charge in [0.1, 0.15) is 18.5 Å². The summed E-state index contributed by atoms with van der Waals surface area (Å²) in [5.74, 6) is 6.75. The average molecular weight is 492 g/mol. The van der Waals surface area contributed by atoms with Gasteiger partial charge in [0.2, 0.25) is 5.91 Å². The van der Waals surface area contributed by atoms with Gasteiger partial charge in [-0.05, 0) is 35.4 Å². The molecule has 0 radical (unpaired) electrons. The molecule has 5 aromatic rings. The number of hydrogen-bond acceptors (Lipinski definition) is 6. The first-order chi connectivity index (χ1) is 17.7. The number of thiophene rings is 1. The zero-order valence-corrected chi connectivity index (χ0v) is 20.0. The van der Waals surface area contributed by atoms with E-state index in [-0.39, 0.29) is 5.91 Å². The highest BCUT2D eigenvalue weighted by molar-refractivity contribution is 7.11. The maximum Gasteiger partial charge on any atom is 0.226 e. The first-order valence-corrected chi connectivity index (χ1v) is 12.4. The number of carbonyl (C=O) groups excluding carboxylic acids is 1. The van der Waals surface area contributed by atoms with Crippen LogP contribution in [0.4, 0.5) is 5.82 Å². The minimum absolute atomic E-state index is 0.0917. The Morgan fingerprint density at radius 3 is 3.06 bits per heavy atom. The van der Waals surface area contributed by atoms with E-state index in [2.05, 4.69) is 72.1 Å². The summed E-state index contributed by atoms with van der Waals surface area (Å²) in [6.07, 6.45) is 6.58. The highest BCUT2D eigenvalue weighted by atomic mass is 32.1. The number of aromatic nitrogens is 6. The molecule has 1 aliphatic rings. The number of H-pyrrole nitrogens is 1. The van der Waals surface area contributed by atoms with E-state index in [9.17, 15) is 4.79 Å². The Labute approximate surface area is 211 Å². The molecular weight excluding hydrogens is 470 g/mol. The van der Waals surface area contributed by atoms with E-state index >= 15 is 0 Å². The molecule has 1 aliphatic carbocycles. The van der Waals surface area contributed by atoms with E-state index in [0.29, 0.717) is 25.2 Å². The van der Waals surface area contributed by atoms with Crippen molar-refractivity contribution in [2.45, 2.75) is 25.8 Å². The number of nitrogens with one attached hydrogen (secondary N) is 2. The third-order valence-corrected chi connectivity index (χ3v) is 6.83. The summed E-state index contributed by atoms with van der Waals surface area (Å²) in [7, 11) is 0. The number of nitrogens with zero attached hydrogens (tertiary/aromatic N) is 5. The third kappa shape index (κ3) is 4.54. The Balaban J connectivity index is 1.12. The summed E-state index contributed by atoms with van der Waals surface area (Å²) in [4.78, 5) is 21.1. The number of aromatic amines is 1. The van der Waals surface area contributed by atoms with E-state index in [1.165, 1.54) is 22.3 Å². The van der Waals surface area contributed by atoms with Gasteiger partial charge in [-0.3, -0.25) is 9.89 Å². The van der Waals surface area contributed by atoms with Crippen LogP contribution < -0.4 is 5.32 Å². The van der Waals surface area contributed by atoms with Crippen molar-refractivity contribution in [3.05, 3.63) is 88.3 Å². The van der Waals surface area contributed by atoms with Gasteiger partial charge in [-0.2, -0.15) is 10.2 Å². The molecule has 1 amide bonds. The first-order valence-electron chi connectivity index (χ1n) is 11.5. The van der Waals surface area contributed by atoms with Crippen molar-refractivity contribution in [2.75, 3.05) is 5.32 Å². The molecule has 0 atom stereocenters. The predicted octanol–water partition coefficient (Wildman–Crippen LogP) is 4.51. The van der Waals surface area contributed by atoms with Crippen molar-refractivity contribution in [3.8, 4) is 34.4 Å². The molecule has 36 heavy (non-hydrogen) atoms. The van der Waals surface area contributed by atoms with Gasteiger partial charge in [0, 0.05) is 47.5 Å². The molecule has 4 heterocycles. The van der Waals surface area contributed by atoms with Gasteiger partial charge < -0.3 is 5.32 Å². The summed E-state index contributed by atoms with van der Waals surface area (Å²) in [5.41, 5.74) is 7.99. The first kappa shape index (κ1) is 21.9. The number of pyridine rings is 1. The van der Waals surface area contributed by atoms with Crippen molar-refractivity contribution in [1.29, 1.82) is 0 Å². The van der Waals surface area contributed by atoms with Crippen LogP contribution in [0, 0.1) is 11.8 Å². The molecule has 0 unspecified atom stereocenters. The van der Waals surface area contributed by atoms with Crippen molar-refractivity contribution in [2.24, 2.45) is 0 Å². The second kappa shape index (κ2) is 9.60. The van der Waals surface area contributed by atoms with E-state index in [1.807, 2.05) is 16.8 Å². The third-order valence-electron chi connectivity index (χ3n) is 5.98. The summed E-state index contributed by atoms with van der Waals surface area (Å²) < 4.78 is 1.82. The maximum absolute atomic E-state index is 12.1. The largest absolute Gasteiger partial charge is 0.311 e. The van der Waals surface area contributed by atoms with Crippen molar-refractivity contribution < 1.29 is 4.79 Å². The maximum atomic E-state index is 12.1. The molecule has 2 N–H and O–H groups in total. The van der Waals surface area contributed by atoms with E-state index in [4.69, 9.17) is 0 Å². The lowest BCUT2D eigenvalue weighted by Gasteiger charge is -2.05. The molecule has 0 fully saturated rings. The zero-order valence-electron chi connectivity index (χ0n) is 19.2. The SMILES string of the molecule is O=C(CCC#Cc1cc(-c2n[nH]c3c2Cc2ccc(Cn4cncn4)cc2-3)cs1)Nc1ccccn1. The Morgan fingerprint density at radius 2 is 2.19 bits per heavy atom. The molecule has 1 aromatic carbocycles. The fourth-order valence-corrected chi connectivity index (χ4v) is 5.05. The van der Waals surface area contributed by atoms with Crippen LogP contribution in [0.15, 0.2) is 66.7 Å². The monoisotopic (exact) mass is 491 g/mol. The second-order valence-electron chi connectivity index (χ2n) is 8.45. The smallest absolute Gasteiger partial charge is 0.226 e. The predicted molar refractivity (Wildman–Crippen MR) is 138 cm³/mol. The van der Waals surface area contributed by atoms with Crippen LogP contribution in [0.1, 0.15) is 34.4 Å². The van der Waals surface area contributed by atoms with Gasteiger partial charge in [0.05, 0.1) is 22.8 Å². The van der Waals surface area contributed by atoms with Crippen LogP contribution in [0.2, 0.25) is 0 Å². The molecule has 0 bridgehead atoms. The Bertz CT molecular complexity index is 1590. The van der Waals surface area contributed by atoms with Crippen LogP contribution in [0.3, 0.4) is 0 Å². The van der Waals surface area contributed by atoms with E-state index in [0.717, 1.165) is 28.2 Å². The number of anilines is 1. The Hall–Kier alpha value is -4.55. The lowest BCUT2D eigenvalue weighted by atomic mass is 10.1. The van der Waals surface area contributed by atoms with Gasteiger partial charge in [-0.25, -0.2) is 14.6 Å². The molecule has 0 spiro atoms. The van der Waals surface area contributed by atoms with Gasteiger partial charge >= 0.3 is 0 Å². The number of hydrogen-bond donors (Lipinski definition) is 2. The van der Waals surface area contributed by atoms with Gasteiger partial charge in [0.15, 0.2) is 0 Å². The normalized spacial score (nSPS) is 11.4. The number of carbonyl (C=O) groups is 1. The number of benzene rings is 1. The fraction of sp³-hybridized carbons (Fsp3) is 0.148. The number of fused-ring (bicyclic) bond motifs is 3. The lowest BCUT2D eigenvalue weighted by molar-refractivity contribution is -0.116. The molecule has 9 heteroatoms. The van der Waals surface area contributed by atoms with Crippen LogP contribution in [-0.4, -0.2) is 35.9 Å². The lowest BCUT2D eigenvalue weighted by Crippen LogP contribution is -2.11. The molecule has 176 valence electrons. The van der Waals surface area contributed by atoms with Crippen LogP contribution in [0.5, 0.6) is 0 Å². The topological polar surface area (TPSA) is 101 Å². The molecular formula is C27H21N7OS. The van der Waals surface area contributed by atoms with E-state index in [1.54, 1.807) is 36.3 Å². The Kier molecular flexibility index (Phi) is 5.85. The second-order valence-corrected chi connectivity index (χ2v) is 9.36. The summed E-state index contributed by atoms with van der Waals surface area (Å²) >= 11 is 1.59. The summed E-state index contributed by atoms with van der Waals surface area (Å²) in [6.45, 7) is 0.682. The molecule has 0 saturated heterocycles. The van der Waals surface area contributed by atoms with Crippen molar-refractivity contribution in [1.82, 2.24) is 29.9 Å². The van der Waals surface area contributed by atoms with E-state index < -0.39 is 0 Å². The minimum atomic E-state index is -0.0917. The van der Waals surface area contributed by atoms with Gasteiger partial charge in [-0.15, -0.1) is 11.3 Å². The molecule has 6 rings (SSSR count). The molecule has 4 aromatic heterocycles. The van der Waals surface area contributed by atoms with Crippen LogP contribution in [-0.2, 0) is 17.8 Å². The Morgan fingerprint density at radius 1 is 1.22 bits per heavy atom. The van der Waals surface area contributed by atoms with Crippen molar-refractivity contribution >= 4 is 23.1 Å².